The third-order valence-corrected chi connectivity index (χ3v) is 3.72. The molecule has 0 bridgehead atoms. The van der Waals surface area contributed by atoms with Crippen molar-refractivity contribution < 1.29 is 9.53 Å². The lowest BCUT2D eigenvalue weighted by atomic mass is 10.2. The molecule has 2 heterocycles. The molecule has 100 valence electrons. The van der Waals surface area contributed by atoms with Crippen molar-refractivity contribution in [2.45, 2.75) is 52.4 Å². The molecule has 0 saturated carbocycles. The highest BCUT2D eigenvalue weighted by Crippen LogP contribution is 2.23. The standard InChI is InChI=1S/C12H18IN3O2/c1-8-6-16-10(9(13)5-14-16)7-15(8)11(17)18-12(2,3)4/h5,8H,6-7H2,1-4H3/t8-/m0/s1. The summed E-state index contributed by atoms with van der Waals surface area (Å²) < 4.78 is 8.49. The second-order valence-corrected chi connectivity index (χ2v) is 6.74. The number of hydrogen-bond donors (Lipinski definition) is 0. The van der Waals surface area contributed by atoms with Crippen LogP contribution in [0.5, 0.6) is 0 Å². The predicted molar refractivity (Wildman–Crippen MR) is 76.2 cm³/mol. The van der Waals surface area contributed by atoms with E-state index in [0.717, 1.165) is 15.8 Å². The van der Waals surface area contributed by atoms with Crippen molar-refractivity contribution in [2.75, 3.05) is 0 Å². The number of carbonyl (C=O) groups is 1. The normalized spacial score (nSPS) is 19.6. The number of carbonyl (C=O) groups excluding carboxylic acids is 1. The molecule has 0 aromatic carbocycles. The third kappa shape index (κ3) is 2.78. The summed E-state index contributed by atoms with van der Waals surface area (Å²) in [6, 6.07) is 0.100. The molecule has 5 nitrogen and oxygen atoms in total. The Labute approximate surface area is 121 Å². The molecule has 1 atom stereocenters. The molecule has 1 amide bonds. The van der Waals surface area contributed by atoms with Crippen LogP contribution < -0.4 is 0 Å². The Hall–Kier alpha value is -0.790. The molecule has 18 heavy (non-hydrogen) atoms. The highest BCUT2D eigenvalue weighted by atomic mass is 127. The first-order valence-electron chi connectivity index (χ1n) is 5.98. The SMILES string of the molecule is C[C@H]1Cn2ncc(I)c2CN1C(=O)OC(C)(C)C. The second kappa shape index (κ2) is 4.71. The van der Waals surface area contributed by atoms with Crippen LogP contribution in [-0.2, 0) is 17.8 Å². The number of halogens is 1. The van der Waals surface area contributed by atoms with Crippen LogP contribution in [0.15, 0.2) is 6.20 Å². The molecule has 6 heteroatoms. The third-order valence-electron chi connectivity index (χ3n) is 2.82. The largest absolute Gasteiger partial charge is 0.444 e. The summed E-state index contributed by atoms with van der Waals surface area (Å²) in [6.07, 6.45) is 1.58. The molecule has 0 spiro atoms. The Bertz CT molecular complexity index is 464. The maximum Gasteiger partial charge on any atom is 0.410 e. The van der Waals surface area contributed by atoms with Gasteiger partial charge in [-0.25, -0.2) is 4.79 Å². The van der Waals surface area contributed by atoms with Gasteiger partial charge in [-0.1, -0.05) is 0 Å². The molecule has 0 radical (unpaired) electrons. The highest BCUT2D eigenvalue weighted by Gasteiger charge is 2.31. The van der Waals surface area contributed by atoms with E-state index in [2.05, 4.69) is 27.7 Å². The van der Waals surface area contributed by atoms with Crippen LogP contribution in [0, 0.1) is 3.57 Å². The monoisotopic (exact) mass is 363 g/mol. The zero-order valence-corrected chi connectivity index (χ0v) is 13.3. The lowest BCUT2D eigenvalue weighted by Crippen LogP contribution is -2.47. The summed E-state index contributed by atoms with van der Waals surface area (Å²) in [7, 11) is 0. The predicted octanol–water partition coefficient (Wildman–Crippen LogP) is 2.63. The maximum atomic E-state index is 12.1. The second-order valence-electron chi connectivity index (χ2n) is 5.58. The molecular formula is C12H18IN3O2. The van der Waals surface area contributed by atoms with Crippen LogP contribution in [0.3, 0.4) is 0 Å². The minimum atomic E-state index is -0.457. The fourth-order valence-corrected chi connectivity index (χ4v) is 2.51. The van der Waals surface area contributed by atoms with E-state index in [9.17, 15) is 4.79 Å². The first-order valence-corrected chi connectivity index (χ1v) is 7.05. The van der Waals surface area contributed by atoms with Gasteiger partial charge in [-0.05, 0) is 50.3 Å². The molecule has 2 rings (SSSR count). The summed E-state index contributed by atoms with van der Waals surface area (Å²) >= 11 is 2.25. The van der Waals surface area contributed by atoms with E-state index in [1.807, 2.05) is 38.6 Å². The lowest BCUT2D eigenvalue weighted by molar-refractivity contribution is 0.00898. The van der Waals surface area contributed by atoms with E-state index in [1.54, 1.807) is 4.90 Å². The fourth-order valence-electron chi connectivity index (χ4n) is 1.93. The topological polar surface area (TPSA) is 47.4 Å². The van der Waals surface area contributed by atoms with Crippen molar-refractivity contribution in [3.8, 4) is 0 Å². The molecule has 1 aliphatic heterocycles. The van der Waals surface area contributed by atoms with E-state index in [0.29, 0.717) is 6.54 Å². The van der Waals surface area contributed by atoms with Gasteiger partial charge in [0.1, 0.15) is 5.60 Å². The van der Waals surface area contributed by atoms with Gasteiger partial charge in [-0.2, -0.15) is 5.10 Å². The van der Waals surface area contributed by atoms with E-state index in [1.165, 1.54) is 0 Å². The number of amides is 1. The van der Waals surface area contributed by atoms with Gasteiger partial charge in [0.25, 0.3) is 0 Å². The first kappa shape index (κ1) is 13.6. The Kier molecular flexibility index (Phi) is 3.57. The first-order chi connectivity index (χ1) is 8.28. The van der Waals surface area contributed by atoms with Gasteiger partial charge in [-0.15, -0.1) is 0 Å². The molecule has 1 aromatic heterocycles. The van der Waals surface area contributed by atoms with E-state index in [-0.39, 0.29) is 12.1 Å². The van der Waals surface area contributed by atoms with Crippen LogP contribution in [0.2, 0.25) is 0 Å². The molecule has 0 aliphatic carbocycles. The molecule has 0 saturated heterocycles. The van der Waals surface area contributed by atoms with Gasteiger partial charge < -0.3 is 4.74 Å². The van der Waals surface area contributed by atoms with Gasteiger partial charge in [0.2, 0.25) is 0 Å². The van der Waals surface area contributed by atoms with Crippen LogP contribution in [-0.4, -0.2) is 32.4 Å². The summed E-state index contributed by atoms with van der Waals surface area (Å²) in [5.74, 6) is 0. The van der Waals surface area contributed by atoms with E-state index in [4.69, 9.17) is 4.74 Å². The number of rotatable bonds is 0. The number of fused-ring (bicyclic) bond motifs is 1. The number of nitrogens with zero attached hydrogens (tertiary/aromatic N) is 3. The van der Waals surface area contributed by atoms with Crippen molar-refractivity contribution in [1.29, 1.82) is 0 Å². The van der Waals surface area contributed by atoms with Gasteiger partial charge in [-0.3, -0.25) is 9.58 Å². The number of hydrogen-bond acceptors (Lipinski definition) is 3. The summed E-state index contributed by atoms with van der Waals surface area (Å²) in [4.78, 5) is 13.9. The summed E-state index contributed by atoms with van der Waals surface area (Å²) in [5.41, 5.74) is 0.626. The van der Waals surface area contributed by atoms with E-state index >= 15 is 0 Å². The van der Waals surface area contributed by atoms with E-state index < -0.39 is 5.60 Å². The molecule has 0 unspecified atom stereocenters. The summed E-state index contributed by atoms with van der Waals surface area (Å²) in [5, 5.41) is 4.31. The summed E-state index contributed by atoms with van der Waals surface area (Å²) in [6.45, 7) is 8.95. The van der Waals surface area contributed by atoms with Crippen LogP contribution >= 0.6 is 22.6 Å². The molecule has 0 fully saturated rings. The Balaban J connectivity index is 2.16. The Morgan fingerprint density at radius 3 is 2.83 bits per heavy atom. The molecule has 1 aromatic rings. The van der Waals surface area contributed by atoms with Crippen molar-refractivity contribution >= 4 is 28.7 Å². The highest BCUT2D eigenvalue weighted by molar-refractivity contribution is 14.1. The van der Waals surface area contributed by atoms with Gasteiger partial charge in [0.05, 0.1) is 34.6 Å². The Morgan fingerprint density at radius 1 is 1.56 bits per heavy atom. The molecular weight excluding hydrogens is 345 g/mol. The minimum absolute atomic E-state index is 0.100. The quantitative estimate of drug-likeness (QED) is 0.666. The Morgan fingerprint density at radius 2 is 2.22 bits per heavy atom. The fraction of sp³-hybridized carbons (Fsp3) is 0.667. The lowest BCUT2D eigenvalue weighted by Gasteiger charge is -2.35. The van der Waals surface area contributed by atoms with Crippen molar-refractivity contribution in [1.82, 2.24) is 14.7 Å². The van der Waals surface area contributed by atoms with Crippen molar-refractivity contribution in [2.24, 2.45) is 0 Å². The minimum Gasteiger partial charge on any atom is -0.444 e. The average molecular weight is 363 g/mol. The van der Waals surface area contributed by atoms with Gasteiger partial charge >= 0.3 is 6.09 Å². The van der Waals surface area contributed by atoms with Gasteiger partial charge in [0.15, 0.2) is 0 Å². The van der Waals surface area contributed by atoms with Crippen LogP contribution in [0.25, 0.3) is 0 Å². The zero-order chi connectivity index (χ0) is 13.5. The molecule has 1 aliphatic rings. The van der Waals surface area contributed by atoms with Crippen molar-refractivity contribution in [3.05, 3.63) is 15.5 Å². The van der Waals surface area contributed by atoms with Crippen LogP contribution in [0.1, 0.15) is 33.4 Å². The maximum absolute atomic E-state index is 12.1. The average Bonchev–Trinajstić information content (AvgIpc) is 2.56. The zero-order valence-electron chi connectivity index (χ0n) is 11.1. The molecule has 0 N–H and O–H groups in total. The number of ether oxygens (including phenoxy) is 1. The number of aromatic nitrogens is 2. The smallest absolute Gasteiger partial charge is 0.410 e. The van der Waals surface area contributed by atoms with Gasteiger partial charge in [0, 0.05) is 0 Å². The van der Waals surface area contributed by atoms with Crippen LogP contribution in [0.4, 0.5) is 4.79 Å². The van der Waals surface area contributed by atoms with Crippen molar-refractivity contribution in [3.63, 3.8) is 0 Å².